The van der Waals surface area contributed by atoms with E-state index >= 15 is 0 Å². The number of carboxylic acid groups (broad SMARTS) is 2. The molecule has 2 atom stereocenters. The van der Waals surface area contributed by atoms with Gasteiger partial charge in [-0.1, -0.05) is 6.58 Å². The first-order valence-corrected chi connectivity index (χ1v) is 7.84. The fourth-order valence-electron chi connectivity index (χ4n) is 1.27. The second kappa shape index (κ2) is 14.7. The first kappa shape index (κ1) is 25.6. The van der Waals surface area contributed by atoms with Crippen LogP contribution in [0.4, 0.5) is 0 Å². The van der Waals surface area contributed by atoms with Crippen molar-refractivity contribution in [3.05, 3.63) is 12.8 Å². The maximum atomic E-state index is 11.5. The van der Waals surface area contributed by atoms with Gasteiger partial charge >= 0.3 is 17.9 Å². The van der Waals surface area contributed by atoms with Gasteiger partial charge in [0.25, 0.3) is 0 Å². The van der Waals surface area contributed by atoms with Crippen LogP contribution in [-0.4, -0.2) is 64.3 Å². The van der Waals surface area contributed by atoms with Crippen LogP contribution >= 0.6 is 12.6 Å². The normalized spacial score (nSPS) is 11.7. The summed E-state index contributed by atoms with van der Waals surface area (Å²) in [7, 11) is 0. The lowest BCUT2D eigenvalue weighted by Crippen LogP contribution is -2.49. The summed E-state index contributed by atoms with van der Waals surface area (Å²) in [4.78, 5) is 53.5. The zero-order chi connectivity index (χ0) is 20.7. The summed E-state index contributed by atoms with van der Waals surface area (Å²) in [5.74, 6) is -4.03. The molecule has 0 saturated carbocycles. The number of ether oxygens (including phenoxy) is 1. The van der Waals surface area contributed by atoms with E-state index in [0.29, 0.717) is 0 Å². The van der Waals surface area contributed by atoms with Crippen LogP contribution in [0.3, 0.4) is 0 Å². The fraction of sp³-hybridized carbons (Fsp3) is 0.500. The Balaban J connectivity index is 0. The van der Waals surface area contributed by atoms with Crippen molar-refractivity contribution in [2.75, 3.05) is 12.3 Å². The van der Waals surface area contributed by atoms with Crippen LogP contribution in [0.15, 0.2) is 12.8 Å². The number of nitrogens with one attached hydrogen (secondary N) is 2. The molecule has 0 aliphatic carbocycles. The van der Waals surface area contributed by atoms with Gasteiger partial charge in [0, 0.05) is 19.1 Å². The maximum Gasteiger partial charge on any atom is 0.322 e. The van der Waals surface area contributed by atoms with Crippen molar-refractivity contribution in [3.63, 3.8) is 0 Å². The molecule has 0 unspecified atom stereocenters. The monoisotopic (exact) mass is 393 g/mol. The highest BCUT2D eigenvalue weighted by Crippen LogP contribution is 1.97. The Kier molecular flexibility index (Phi) is 14.5. The Morgan fingerprint density at radius 3 is 2.19 bits per heavy atom. The molecule has 2 amide bonds. The number of rotatable bonds is 10. The summed E-state index contributed by atoms with van der Waals surface area (Å²) in [5.41, 5.74) is 5.23. The van der Waals surface area contributed by atoms with Crippen LogP contribution in [0.2, 0.25) is 0 Å². The van der Waals surface area contributed by atoms with Gasteiger partial charge in [0.2, 0.25) is 11.8 Å². The summed E-state index contributed by atoms with van der Waals surface area (Å²) >= 11 is 3.87. The van der Waals surface area contributed by atoms with E-state index in [2.05, 4.69) is 34.6 Å². The Morgan fingerprint density at radius 1 is 1.27 bits per heavy atom. The Morgan fingerprint density at radius 2 is 1.85 bits per heavy atom. The molecule has 6 N–H and O–H groups in total. The molecule has 0 fully saturated rings. The zero-order valence-corrected chi connectivity index (χ0v) is 15.0. The fourth-order valence-corrected chi connectivity index (χ4v) is 1.53. The highest BCUT2D eigenvalue weighted by molar-refractivity contribution is 7.80. The van der Waals surface area contributed by atoms with Crippen LogP contribution < -0.4 is 16.4 Å². The number of hydrogen-bond donors (Lipinski definition) is 6. The number of esters is 1. The van der Waals surface area contributed by atoms with E-state index < -0.39 is 42.4 Å². The molecule has 0 aliphatic heterocycles. The number of thiol groups is 1. The van der Waals surface area contributed by atoms with E-state index in [1.165, 1.54) is 6.92 Å². The van der Waals surface area contributed by atoms with Gasteiger partial charge in [-0.05, 0) is 6.42 Å². The molecule has 148 valence electrons. The maximum absolute atomic E-state index is 11.5. The molecular weight excluding hydrogens is 370 g/mol. The van der Waals surface area contributed by atoms with Crippen LogP contribution in [0, 0.1) is 0 Å². The van der Waals surface area contributed by atoms with E-state index in [1.807, 2.05) is 0 Å². The molecule has 0 bridgehead atoms. The van der Waals surface area contributed by atoms with Crippen molar-refractivity contribution >= 4 is 42.4 Å². The molecule has 0 rings (SSSR count). The predicted molar refractivity (Wildman–Crippen MR) is 93.2 cm³/mol. The number of hydrogen-bond acceptors (Lipinski definition) is 8. The summed E-state index contributed by atoms with van der Waals surface area (Å²) in [6, 6.07) is -2.15. The molecule has 0 saturated heterocycles. The summed E-state index contributed by atoms with van der Waals surface area (Å²) < 4.78 is 4.17. The number of carbonyl (C=O) groups is 5. The molecule has 0 spiro atoms. The molecule has 0 radical (unpaired) electrons. The van der Waals surface area contributed by atoms with Crippen molar-refractivity contribution in [1.29, 1.82) is 0 Å². The first-order valence-electron chi connectivity index (χ1n) is 7.21. The van der Waals surface area contributed by atoms with Crippen molar-refractivity contribution in [2.24, 2.45) is 5.73 Å². The number of carboxylic acids is 2. The van der Waals surface area contributed by atoms with Gasteiger partial charge in [0.15, 0.2) is 0 Å². The van der Waals surface area contributed by atoms with Crippen LogP contribution in [0.5, 0.6) is 0 Å². The molecule has 0 aromatic carbocycles. The van der Waals surface area contributed by atoms with Gasteiger partial charge in [0.1, 0.15) is 18.6 Å². The minimum absolute atomic E-state index is 0.0256. The van der Waals surface area contributed by atoms with Crippen molar-refractivity contribution < 1.29 is 38.9 Å². The SMILES string of the molecule is C=COC(C)=O.N[C@@H](CCC(=O)N[C@@H](CS)C(=O)NCC(=O)O)C(=O)O. The number of aliphatic carboxylic acids is 2. The molecule has 11 nitrogen and oxygen atoms in total. The molecule has 0 heterocycles. The standard InChI is InChI=1S/C10H17N3O6S.C4H6O2/c11-5(10(18)19)1-2-7(14)13-6(4-20)9(17)12-3-8(15)16;1-3-6-4(2)5/h5-6,20H,1-4,11H2,(H,12,17)(H,13,14)(H,15,16)(H,18,19);3H,1H2,2H3/t5-,6-;/m0./s1. The molecule has 0 aliphatic rings. The van der Waals surface area contributed by atoms with Crippen molar-refractivity contribution in [2.45, 2.75) is 31.8 Å². The number of amides is 2. The Hall–Kier alpha value is -2.60. The highest BCUT2D eigenvalue weighted by Gasteiger charge is 2.20. The second-order valence-corrected chi connectivity index (χ2v) is 5.04. The molecule has 12 heteroatoms. The minimum Gasteiger partial charge on any atom is -0.480 e. The summed E-state index contributed by atoms with van der Waals surface area (Å²) in [5, 5.41) is 21.4. The van der Waals surface area contributed by atoms with E-state index in [4.69, 9.17) is 15.9 Å². The predicted octanol–water partition coefficient (Wildman–Crippen LogP) is -1.51. The van der Waals surface area contributed by atoms with E-state index in [0.717, 1.165) is 6.26 Å². The third-order valence-corrected chi connectivity index (χ3v) is 2.86. The summed E-state index contributed by atoms with van der Waals surface area (Å²) in [6.07, 6.45) is 0.865. The van der Waals surface area contributed by atoms with Crippen LogP contribution in [0.25, 0.3) is 0 Å². The quantitative estimate of drug-likeness (QED) is 0.146. The Bertz CT molecular complexity index is 526. The van der Waals surface area contributed by atoms with Gasteiger partial charge in [-0.2, -0.15) is 12.6 Å². The van der Waals surface area contributed by atoms with Gasteiger partial charge in [-0.25, -0.2) is 0 Å². The second-order valence-electron chi connectivity index (χ2n) is 4.67. The third-order valence-electron chi connectivity index (χ3n) is 2.50. The minimum atomic E-state index is -1.22. The van der Waals surface area contributed by atoms with E-state index in [-0.39, 0.29) is 24.6 Å². The average molecular weight is 393 g/mol. The van der Waals surface area contributed by atoms with Gasteiger partial charge in [0.05, 0.1) is 6.26 Å². The number of carbonyl (C=O) groups excluding carboxylic acids is 3. The van der Waals surface area contributed by atoms with Crippen LogP contribution in [-0.2, 0) is 28.7 Å². The Labute approximate surface area is 155 Å². The third kappa shape index (κ3) is 15.0. The molecule has 26 heavy (non-hydrogen) atoms. The topological polar surface area (TPSA) is 185 Å². The van der Waals surface area contributed by atoms with Crippen LogP contribution in [0.1, 0.15) is 19.8 Å². The highest BCUT2D eigenvalue weighted by atomic mass is 32.1. The number of nitrogens with two attached hydrogens (primary N) is 1. The lowest BCUT2D eigenvalue weighted by molar-refractivity contribution is -0.139. The van der Waals surface area contributed by atoms with Gasteiger partial charge in [-0.3, -0.25) is 24.0 Å². The zero-order valence-electron chi connectivity index (χ0n) is 14.1. The van der Waals surface area contributed by atoms with E-state index in [1.54, 1.807) is 0 Å². The first-order chi connectivity index (χ1) is 12.0. The average Bonchev–Trinajstić information content (AvgIpc) is 2.55. The van der Waals surface area contributed by atoms with Gasteiger partial charge in [-0.15, -0.1) is 0 Å². The van der Waals surface area contributed by atoms with Crippen molar-refractivity contribution in [1.82, 2.24) is 10.6 Å². The molecular formula is C14H23N3O8S. The molecule has 0 aromatic rings. The van der Waals surface area contributed by atoms with Gasteiger partial charge < -0.3 is 31.3 Å². The van der Waals surface area contributed by atoms with E-state index in [9.17, 15) is 24.0 Å². The van der Waals surface area contributed by atoms with Crippen molar-refractivity contribution in [3.8, 4) is 0 Å². The lowest BCUT2D eigenvalue weighted by Gasteiger charge is -2.16. The summed E-state index contributed by atoms with van der Waals surface area (Å²) in [6.45, 7) is 3.91. The largest absolute Gasteiger partial charge is 0.480 e. The molecule has 0 aromatic heterocycles. The smallest absolute Gasteiger partial charge is 0.322 e. The lowest BCUT2D eigenvalue weighted by atomic mass is 10.1.